The van der Waals surface area contributed by atoms with E-state index in [1.165, 1.54) is 40.7 Å². The van der Waals surface area contributed by atoms with Gasteiger partial charge in [-0.1, -0.05) is 0 Å². The molecule has 0 saturated carbocycles. The topological polar surface area (TPSA) is 0 Å². The van der Waals surface area contributed by atoms with E-state index in [2.05, 4.69) is 52.1 Å². The monoisotopic (exact) mass is 593 g/mol. The molecule has 0 N–H and O–H groups in total. The van der Waals surface area contributed by atoms with Crippen LogP contribution in [-0.2, 0) is 19.1 Å². The average Bonchev–Trinajstić information content (AvgIpc) is 3.14. The van der Waals surface area contributed by atoms with Gasteiger partial charge in [-0.2, -0.15) is 0 Å². The number of hydrogen-bond acceptors (Lipinski definition) is 0. The van der Waals surface area contributed by atoms with Crippen LogP contribution in [-0.4, -0.2) is 19.5 Å². The number of allylic oxidation sites excluding steroid dienone is 8. The van der Waals surface area contributed by atoms with Crippen LogP contribution in [0, 0.1) is 5.41 Å². The predicted molar refractivity (Wildman–Crippen MR) is 117 cm³/mol. The Hall–Kier alpha value is 0.787. The Labute approximate surface area is 180 Å². The SMILES string of the molecule is CC1=C(C)[C](C2=CC=CC2)([Hf]([Cl])[Cl])C2=C1C(C)(CCl)C(=[Si](C)C)CCC2. The van der Waals surface area contributed by atoms with Crippen LogP contribution >= 0.6 is 28.8 Å². The molecule has 0 aromatic rings. The molecule has 0 fully saturated rings. The second kappa shape index (κ2) is 7.90. The summed E-state index contributed by atoms with van der Waals surface area (Å²) >= 11 is 3.81. The van der Waals surface area contributed by atoms with Gasteiger partial charge in [-0.25, -0.2) is 0 Å². The van der Waals surface area contributed by atoms with Crippen LogP contribution in [0.2, 0.25) is 16.3 Å². The van der Waals surface area contributed by atoms with Gasteiger partial charge in [-0.3, -0.25) is 0 Å². The predicted octanol–water partition coefficient (Wildman–Crippen LogP) is 7.54. The molecule has 0 heterocycles. The average molecular weight is 593 g/mol. The van der Waals surface area contributed by atoms with Gasteiger partial charge in [0.1, 0.15) is 0 Å². The normalized spacial score (nSPS) is 31.4. The fourth-order valence-corrected chi connectivity index (χ4v) is 19.0. The summed E-state index contributed by atoms with van der Waals surface area (Å²) in [5, 5.41) is 1.69. The van der Waals surface area contributed by atoms with Gasteiger partial charge >= 0.3 is 182 Å². The summed E-state index contributed by atoms with van der Waals surface area (Å²) in [6.45, 7) is 11.8. The van der Waals surface area contributed by atoms with Crippen LogP contribution in [0.25, 0.3) is 0 Å². The molecule has 0 saturated heterocycles. The molecule has 0 aliphatic heterocycles. The molecule has 0 amide bonds. The van der Waals surface area contributed by atoms with Crippen molar-refractivity contribution in [1.29, 1.82) is 0 Å². The Morgan fingerprint density at radius 1 is 1.19 bits per heavy atom. The van der Waals surface area contributed by atoms with Crippen molar-refractivity contribution in [3.63, 3.8) is 0 Å². The molecule has 0 radical (unpaired) electrons. The quantitative estimate of drug-likeness (QED) is 0.234. The molecule has 3 aliphatic rings. The van der Waals surface area contributed by atoms with Crippen LogP contribution in [0.4, 0.5) is 0 Å². The minimum atomic E-state index is -2.90. The number of alkyl halides is 1. The standard InChI is InChI=1S/C21H28ClSi.2ClH.Hf/c1-14-15(2)20-17(19(14)16-9-6-7-10-16)11-8-12-18(23(4)5)21(20,3)13-22;;;/h6-7,9H,8,10-13H2,1-5H3;2*1H;/q;;;+2/p-2. The van der Waals surface area contributed by atoms with E-state index in [1.807, 2.05) is 0 Å². The van der Waals surface area contributed by atoms with E-state index in [1.54, 1.807) is 5.17 Å². The summed E-state index contributed by atoms with van der Waals surface area (Å²) < 4.78 is -0.145. The minimum absolute atomic E-state index is 0.0418. The fourth-order valence-electron chi connectivity index (χ4n) is 5.52. The first-order valence-corrected chi connectivity index (χ1v) is 23.2. The van der Waals surface area contributed by atoms with Gasteiger partial charge in [0.2, 0.25) is 0 Å². The van der Waals surface area contributed by atoms with E-state index >= 15 is 0 Å². The van der Waals surface area contributed by atoms with Crippen LogP contribution in [0.5, 0.6) is 0 Å². The van der Waals surface area contributed by atoms with Gasteiger partial charge in [0, 0.05) is 0 Å². The van der Waals surface area contributed by atoms with Crippen molar-refractivity contribution in [1.82, 2.24) is 0 Å². The molecule has 141 valence electrons. The first kappa shape index (κ1) is 21.5. The summed E-state index contributed by atoms with van der Waals surface area (Å²) in [4.78, 5) is 0. The molecule has 0 nitrogen and oxygen atoms in total. The van der Waals surface area contributed by atoms with E-state index in [-0.39, 0.29) is 8.59 Å². The van der Waals surface area contributed by atoms with Crippen molar-refractivity contribution >= 4 is 42.3 Å². The van der Waals surface area contributed by atoms with E-state index in [4.69, 9.17) is 28.8 Å². The molecule has 0 aromatic heterocycles. The van der Waals surface area contributed by atoms with E-state index < -0.39 is 27.5 Å². The van der Waals surface area contributed by atoms with Gasteiger partial charge in [-0.15, -0.1) is 0 Å². The third-order valence-corrected chi connectivity index (χ3v) is 19.5. The first-order chi connectivity index (χ1) is 12.2. The van der Waals surface area contributed by atoms with Gasteiger partial charge in [0.15, 0.2) is 0 Å². The Morgan fingerprint density at radius 3 is 2.38 bits per heavy atom. The Balaban J connectivity index is 2.36. The molecular weight excluding hydrogens is 565 g/mol. The molecule has 5 heteroatoms. The van der Waals surface area contributed by atoms with Gasteiger partial charge in [0.25, 0.3) is 0 Å². The second-order valence-corrected chi connectivity index (χ2v) is 23.4. The molecular formula is C21H28Cl3HfSi. The van der Waals surface area contributed by atoms with Crippen LogP contribution in [0.15, 0.2) is 46.1 Å². The van der Waals surface area contributed by atoms with Gasteiger partial charge in [-0.05, 0) is 0 Å². The summed E-state index contributed by atoms with van der Waals surface area (Å²) in [5.74, 6) is 0.653. The van der Waals surface area contributed by atoms with E-state index in [0.29, 0.717) is 5.88 Å². The van der Waals surface area contributed by atoms with Crippen LogP contribution < -0.4 is 0 Å². The zero-order chi connectivity index (χ0) is 19.3. The fraction of sp³-hybridized carbons (Fsp3) is 0.571. The van der Waals surface area contributed by atoms with Crippen molar-refractivity contribution in [3.05, 3.63) is 46.1 Å². The zero-order valence-corrected chi connectivity index (χ0v) is 23.3. The Kier molecular flexibility index (Phi) is 6.53. The summed E-state index contributed by atoms with van der Waals surface area (Å²) in [7, 11) is 13.5. The third-order valence-electron chi connectivity index (χ3n) is 6.73. The Bertz CT molecular complexity index is 783. The number of rotatable bonds is 3. The first-order valence-electron chi connectivity index (χ1n) is 9.42. The molecule has 2 atom stereocenters. The molecule has 3 rings (SSSR count). The maximum atomic E-state index is 7.00. The van der Waals surface area contributed by atoms with Crippen molar-refractivity contribution in [3.8, 4) is 0 Å². The molecule has 0 bridgehead atoms. The van der Waals surface area contributed by atoms with Crippen molar-refractivity contribution in [2.24, 2.45) is 5.41 Å². The van der Waals surface area contributed by atoms with Crippen molar-refractivity contribution in [2.45, 2.75) is 62.7 Å². The van der Waals surface area contributed by atoms with Crippen LogP contribution in [0.3, 0.4) is 0 Å². The molecule has 3 aliphatic carbocycles. The maximum absolute atomic E-state index is 7.00. The summed E-state index contributed by atoms with van der Waals surface area (Å²) in [6.07, 6.45) is 11.2. The second-order valence-electron chi connectivity index (χ2n) is 8.24. The van der Waals surface area contributed by atoms with Crippen molar-refractivity contribution in [2.75, 3.05) is 5.88 Å². The van der Waals surface area contributed by atoms with Gasteiger partial charge < -0.3 is 0 Å². The molecule has 26 heavy (non-hydrogen) atoms. The molecule has 0 spiro atoms. The number of hydrogen-bond donors (Lipinski definition) is 0. The number of halogens is 3. The zero-order valence-electron chi connectivity index (χ0n) is 16.4. The Morgan fingerprint density at radius 2 is 1.88 bits per heavy atom. The van der Waals surface area contributed by atoms with Crippen LogP contribution in [0.1, 0.15) is 46.5 Å². The third kappa shape index (κ3) is 2.96. The summed E-state index contributed by atoms with van der Waals surface area (Å²) in [5.41, 5.74) is 7.27. The molecule has 0 aromatic carbocycles. The van der Waals surface area contributed by atoms with E-state index in [9.17, 15) is 0 Å². The van der Waals surface area contributed by atoms with Crippen molar-refractivity contribution < 1.29 is 19.1 Å². The van der Waals surface area contributed by atoms with E-state index in [0.717, 1.165) is 12.8 Å². The summed E-state index contributed by atoms with van der Waals surface area (Å²) in [6, 6.07) is 0. The molecule has 2 unspecified atom stereocenters. The van der Waals surface area contributed by atoms with Gasteiger partial charge in [0.05, 0.1) is 0 Å².